The smallest absolute Gasteiger partial charge is 0.326 e. The first kappa shape index (κ1) is 61.4. The van der Waals surface area contributed by atoms with E-state index in [1.54, 1.807) is 81.4 Å². The first-order valence-corrected chi connectivity index (χ1v) is 25.6. The molecule has 408 valence electrons. The number of carbonyl (C=O) groups is 10. The van der Waals surface area contributed by atoms with Gasteiger partial charge >= 0.3 is 11.9 Å². The first-order valence-electron chi connectivity index (χ1n) is 25.6. The van der Waals surface area contributed by atoms with Gasteiger partial charge in [-0.15, -0.1) is 0 Å². The maximum atomic E-state index is 14.2. The second-order valence-electron chi connectivity index (χ2n) is 20.3. The molecule has 21 heteroatoms. The third-order valence-corrected chi connectivity index (χ3v) is 12.8. The standard InChI is InChI=1S/C53H79N9O12/c1-9-33(8)45(51(71)58-37(25-30(2)3)48(68)60-44(32(6)7)53(73)74)61-49(69)39(28-35-19-14-11-15-20-35)56-42(63)29-55-47(67)38(27-34-17-12-10-13-18-34)57-50(70)41-21-16-24-62(41)52(72)40(26-31(4)5)59-46(66)36(54)22-23-43(64)65/h10-15,17-20,30-33,36-41,44-45H,9,16,21-29,54H2,1-8H3,(H,55,67)(H,56,63)(H,57,70)(H,58,71)(H,59,66)(H,60,68)(H,61,69)(H,64,65)(H,73,74)/t33-,36-,37-,38-,39-,40-,41-,44-,45-/m0/s1. The molecular formula is C53H79N9O12. The molecule has 0 aromatic heterocycles. The topological polar surface area (TPSA) is 325 Å². The van der Waals surface area contributed by atoms with E-state index in [2.05, 4.69) is 37.2 Å². The fourth-order valence-electron chi connectivity index (χ4n) is 8.49. The number of nitrogens with one attached hydrogen (secondary N) is 7. The Morgan fingerprint density at radius 1 is 0.622 bits per heavy atom. The van der Waals surface area contributed by atoms with Crippen molar-refractivity contribution in [1.29, 1.82) is 0 Å². The monoisotopic (exact) mass is 1030 g/mol. The lowest BCUT2D eigenvalue weighted by Crippen LogP contribution is -2.60. The van der Waals surface area contributed by atoms with Gasteiger partial charge in [0.1, 0.15) is 42.3 Å². The lowest BCUT2D eigenvalue weighted by molar-refractivity contribution is -0.143. The van der Waals surface area contributed by atoms with Crippen LogP contribution >= 0.6 is 0 Å². The number of hydrogen-bond donors (Lipinski definition) is 10. The highest BCUT2D eigenvalue weighted by molar-refractivity contribution is 5.98. The zero-order valence-corrected chi connectivity index (χ0v) is 44.0. The summed E-state index contributed by atoms with van der Waals surface area (Å²) in [4.78, 5) is 135. The Labute approximate surface area is 434 Å². The molecule has 2 aromatic rings. The maximum Gasteiger partial charge on any atom is 0.326 e. The number of amides is 8. The van der Waals surface area contributed by atoms with Crippen LogP contribution in [0.25, 0.3) is 0 Å². The summed E-state index contributed by atoms with van der Waals surface area (Å²) in [7, 11) is 0. The summed E-state index contributed by atoms with van der Waals surface area (Å²) >= 11 is 0. The molecule has 0 radical (unpaired) electrons. The fraction of sp³-hybridized carbons (Fsp3) is 0.585. The van der Waals surface area contributed by atoms with E-state index < -0.39 is 126 Å². The van der Waals surface area contributed by atoms with Crippen LogP contribution < -0.4 is 43.0 Å². The molecular weight excluding hydrogens is 955 g/mol. The summed E-state index contributed by atoms with van der Waals surface area (Å²) < 4.78 is 0. The van der Waals surface area contributed by atoms with Crippen molar-refractivity contribution in [3.63, 3.8) is 0 Å². The molecule has 0 saturated carbocycles. The maximum absolute atomic E-state index is 14.2. The minimum Gasteiger partial charge on any atom is -0.481 e. The van der Waals surface area contributed by atoms with Crippen molar-refractivity contribution >= 4 is 59.2 Å². The van der Waals surface area contributed by atoms with E-state index in [-0.39, 0.29) is 63.3 Å². The molecule has 0 aliphatic carbocycles. The van der Waals surface area contributed by atoms with Gasteiger partial charge in [-0.05, 0) is 66.9 Å². The van der Waals surface area contributed by atoms with E-state index in [1.165, 1.54) is 4.90 Å². The Hall–Kier alpha value is -6.90. The molecule has 9 atom stereocenters. The van der Waals surface area contributed by atoms with Gasteiger partial charge in [-0.2, -0.15) is 0 Å². The van der Waals surface area contributed by atoms with Crippen molar-refractivity contribution in [2.24, 2.45) is 29.4 Å². The number of likely N-dealkylation sites (tertiary alicyclic amines) is 1. The van der Waals surface area contributed by atoms with Crippen LogP contribution in [0.2, 0.25) is 0 Å². The Kier molecular flexibility index (Phi) is 25.2. The van der Waals surface area contributed by atoms with Crippen LogP contribution in [0.1, 0.15) is 111 Å². The first-order chi connectivity index (χ1) is 34.9. The number of benzene rings is 2. The molecule has 0 unspecified atom stereocenters. The number of carboxylic acid groups (broad SMARTS) is 2. The quantitative estimate of drug-likeness (QED) is 0.0532. The van der Waals surface area contributed by atoms with Crippen LogP contribution in [0.5, 0.6) is 0 Å². The summed E-state index contributed by atoms with van der Waals surface area (Å²) in [6.07, 6.45) is 0.999. The largest absolute Gasteiger partial charge is 0.481 e. The fourth-order valence-corrected chi connectivity index (χ4v) is 8.49. The van der Waals surface area contributed by atoms with Crippen molar-refractivity contribution in [2.45, 2.75) is 162 Å². The zero-order chi connectivity index (χ0) is 55.2. The van der Waals surface area contributed by atoms with Crippen LogP contribution in [-0.4, -0.2) is 136 Å². The van der Waals surface area contributed by atoms with Gasteiger partial charge in [0, 0.05) is 25.8 Å². The molecule has 11 N–H and O–H groups in total. The summed E-state index contributed by atoms with van der Waals surface area (Å²) in [6.45, 7) is 13.8. The SMILES string of the molecule is CC[C@H](C)[C@H](NC(=O)[C@H](Cc1ccccc1)NC(=O)CNC(=O)[C@H](Cc1ccccc1)NC(=O)[C@@H]1CCCN1C(=O)[C@H](CC(C)C)NC(=O)[C@@H](N)CCC(=O)O)C(=O)N[C@@H](CC(C)C)C(=O)N[C@H](C(=O)O)C(C)C. The molecule has 1 aliphatic rings. The number of nitrogens with two attached hydrogens (primary N) is 1. The minimum absolute atomic E-state index is 0.00336. The molecule has 1 heterocycles. The van der Waals surface area contributed by atoms with Gasteiger partial charge in [-0.1, -0.05) is 122 Å². The molecule has 21 nitrogen and oxygen atoms in total. The average molecular weight is 1030 g/mol. The molecule has 0 spiro atoms. The number of nitrogens with zero attached hydrogens (tertiary/aromatic N) is 1. The van der Waals surface area contributed by atoms with Crippen molar-refractivity contribution < 1.29 is 58.2 Å². The highest BCUT2D eigenvalue weighted by Gasteiger charge is 2.40. The predicted octanol–water partition coefficient (Wildman–Crippen LogP) is 1.56. The average Bonchev–Trinajstić information content (AvgIpc) is 3.85. The van der Waals surface area contributed by atoms with Gasteiger partial charge in [-0.25, -0.2) is 4.79 Å². The van der Waals surface area contributed by atoms with Gasteiger partial charge in [0.15, 0.2) is 0 Å². The van der Waals surface area contributed by atoms with Crippen LogP contribution in [-0.2, 0) is 60.8 Å². The van der Waals surface area contributed by atoms with Crippen LogP contribution in [0, 0.1) is 23.7 Å². The molecule has 0 bridgehead atoms. The predicted molar refractivity (Wildman–Crippen MR) is 275 cm³/mol. The molecule has 1 fully saturated rings. The van der Waals surface area contributed by atoms with Crippen molar-refractivity contribution in [1.82, 2.24) is 42.1 Å². The normalized spacial score (nSPS) is 16.6. The van der Waals surface area contributed by atoms with Crippen molar-refractivity contribution in [3.05, 3.63) is 71.8 Å². The van der Waals surface area contributed by atoms with E-state index in [1.807, 2.05) is 34.6 Å². The summed E-state index contributed by atoms with van der Waals surface area (Å²) in [5.74, 6) is -8.91. The van der Waals surface area contributed by atoms with E-state index in [0.29, 0.717) is 24.0 Å². The number of hydrogen-bond acceptors (Lipinski definition) is 11. The van der Waals surface area contributed by atoms with Crippen molar-refractivity contribution in [3.8, 4) is 0 Å². The van der Waals surface area contributed by atoms with E-state index in [0.717, 1.165) is 0 Å². The lowest BCUT2D eigenvalue weighted by Gasteiger charge is -2.31. The van der Waals surface area contributed by atoms with E-state index in [9.17, 15) is 53.1 Å². The number of carbonyl (C=O) groups excluding carboxylic acids is 8. The summed E-state index contributed by atoms with van der Waals surface area (Å²) in [5, 5.41) is 37.5. The third-order valence-electron chi connectivity index (χ3n) is 12.8. The molecule has 74 heavy (non-hydrogen) atoms. The van der Waals surface area contributed by atoms with E-state index >= 15 is 0 Å². The van der Waals surface area contributed by atoms with Crippen LogP contribution in [0.15, 0.2) is 60.7 Å². The number of rotatable bonds is 30. The zero-order valence-electron chi connectivity index (χ0n) is 44.0. The van der Waals surface area contributed by atoms with Gasteiger partial charge in [0.25, 0.3) is 0 Å². The lowest BCUT2D eigenvalue weighted by atomic mass is 9.95. The van der Waals surface area contributed by atoms with Crippen molar-refractivity contribution in [2.75, 3.05) is 13.1 Å². The summed E-state index contributed by atoms with van der Waals surface area (Å²) in [5.41, 5.74) is 7.28. The Morgan fingerprint density at radius 2 is 1.14 bits per heavy atom. The Balaban J connectivity index is 1.82. The van der Waals surface area contributed by atoms with Crippen LogP contribution in [0.3, 0.4) is 0 Å². The Morgan fingerprint density at radius 3 is 1.65 bits per heavy atom. The van der Waals surface area contributed by atoms with Gasteiger partial charge in [-0.3, -0.25) is 43.2 Å². The molecule has 8 amide bonds. The number of aliphatic carboxylic acids is 2. The second-order valence-corrected chi connectivity index (χ2v) is 20.3. The summed E-state index contributed by atoms with van der Waals surface area (Å²) in [6, 6.07) is 8.29. The van der Waals surface area contributed by atoms with Gasteiger partial charge in [0.05, 0.1) is 12.6 Å². The highest BCUT2D eigenvalue weighted by Crippen LogP contribution is 2.22. The second kappa shape index (κ2) is 30.3. The van der Waals surface area contributed by atoms with Crippen LogP contribution in [0.4, 0.5) is 0 Å². The molecule has 1 saturated heterocycles. The van der Waals surface area contributed by atoms with Gasteiger partial charge in [0.2, 0.25) is 47.3 Å². The third kappa shape index (κ3) is 20.2. The number of carboxylic acids is 2. The van der Waals surface area contributed by atoms with E-state index in [4.69, 9.17) is 10.8 Å². The molecule has 2 aromatic carbocycles. The highest BCUT2D eigenvalue weighted by atomic mass is 16.4. The van der Waals surface area contributed by atoms with Gasteiger partial charge < -0.3 is 58.1 Å². The molecule has 1 aliphatic heterocycles. The molecule has 3 rings (SSSR count). The minimum atomic E-state index is -1.27. The Bertz CT molecular complexity index is 2230.